The summed E-state index contributed by atoms with van der Waals surface area (Å²) in [5.74, 6) is 0. The number of hydrogen-bond donors (Lipinski definition) is 0. The van der Waals surface area contributed by atoms with E-state index in [-0.39, 0.29) is 0 Å². The fraction of sp³-hybridized carbons (Fsp3) is 0. The van der Waals surface area contributed by atoms with Gasteiger partial charge in [0.1, 0.15) is 0 Å². The number of nitrogens with zero attached hydrogens (tertiary/aromatic N) is 3. The van der Waals surface area contributed by atoms with Crippen molar-refractivity contribution in [2.45, 2.75) is 0 Å². The van der Waals surface area contributed by atoms with Crippen molar-refractivity contribution in [2.24, 2.45) is 0 Å². The Morgan fingerprint density at radius 2 is 0.975 bits per heavy atom. The van der Waals surface area contributed by atoms with Crippen molar-refractivity contribution >= 4 is 65.3 Å². The van der Waals surface area contributed by atoms with Gasteiger partial charge in [-0.25, -0.2) is 0 Å². The highest BCUT2D eigenvalue weighted by atomic mass is 15.0. The van der Waals surface area contributed by atoms with Crippen molar-refractivity contribution in [3.63, 3.8) is 0 Å². The molecule has 186 valence electrons. The van der Waals surface area contributed by atoms with Crippen LogP contribution < -0.4 is 0 Å². The van der Waals surface area contributed by atoms with Gasteiger partial charge in [-0.2, -0.15) is 0 Å². The normalized spacial score (nSPS) is 12.0. The molecule has 0 spiro atoms. The molecule has 0 radical (unpaired) electrons. The van der Waals surface area contributed by atoms with Gasteiger partial charge in [-0.3, -0.25) is 4.98 Å². The number of para-hydroxylation sites is 3. The molecule has 3 aromatic heterocycles. The van der Waals surface area contributed by atoms with E-state index in [1.165, 1.54) is 60.1 Å². The third kappa shape index (κ3) is 2.81. The number of pyridine rings is 1. The topological polar surface area (TPSA) is 22.8 Å². The molecule has 3 heteroatoms. The first-order chi connectivity index (χ1) is 19.9. The van der Waals surface area contributed by atoms with Crippen molar-refractivity contribution in [1.29, 1.82) is 0 Å². The maximum absolute atomic E-state index is 4.69. The minimum Gasteiger partial charge on any atom is -0.309 e. The van der Waals surface area contributed by atoms with Crippen LogP contribution in [0.3, 0.4) is 0 Å². The highest BCUT2D eigenvalue weighted by Crippen LogP contribution is 2.46. The first-order valence-corrected chi connectivity index (χ1v) is 13.7. The summed E-state index contributed by atoms with van der Waals surface area (Å²) in [7, 11) is 0. The number of fused-ring (bicyclic) bond motifs is 11. The van der Waals surface area contributed by atoms with Gasteiger partial charge in [0, 0.05) is 55.3 Å². The van der Waals surface area contributed by atoms with E-state index in [9.17, 15) is 0 Å². The molecule has 0 saturated heterocycles. The highest BCUT2D eigenvalue weighted by molar-refractivity contribution is 6.37. The van der Waals surface area contributed by atoms with Crippen molar-refractivity contribution in [1.82, 2.24) is 14.1 Å². The summed E-state index contributed by atoms with van der Waals surface area (Å²) in [5, 5.41) is 8.73. The minimum absolute atomic E-state index is 0.997. The molecule has 0 bridgehead atoms. The van der Waals surface area contributed by atoms with E-state index in [2.05, 4.69) is 142 Å². The molecule has 0 N–H and O–H groups in total. The molecule has 0 fully saturated rings. The van der Waals surface area contributed by atoms with Gasteiger partial charge in [-0.15, -0.1) is 0 Å². The van der Waals surface area contributed by atoms with Gasteiger partial charge in [-0.1, -0.05) is 91.0 Å². The molecule has 0 atom stereocenters. The second-order valence-electron chi connectivity index (χ2n) is 10.4. The van der Waals surface area contributed by atoms with Crippen LogP contribution in [0.4, 0.5) is 0 Å². The van der Waals surface area contributed by atoms with Crippen molar-refractivity contribution in [2.75, 3.05) is 0 Å². The largest absolute Gasteiger partial charge is 0.309 e. The zero-order valence-corrected chi connectivity index (χ0v) is 21.6. The van der Waals surface area contributed by atoms with Crippen LogP contribution in [-0.2, 0) is 0 Å². The van der Waals surface area contributed by atoms with Crippen LogP contribution in [0.5, 0.6) is 0 Å². The van der Waals surface area contributed by atoms with Crippen molar-refractivity contribution in [3.8, 4) is 11.4 Å². The predicted molar refractivity (Wildman–Crippen MR) is 168 cm³/mol. The van der Waals surface area contributed by atoms with E-state index < -0.39 is 0 Å². The van der Waals surface area contributed by atoms with E-state index >= 15 is 0 Å². The van der Waals surface area contributed by atoms with Gasteiger partial charge in [0.2, 0.25) is 0 Å². The molecule has 9 rings (SSSR count). The average molecular weight is 510 g/mol. The number of benzene rings is 6. The molecule has 0 unspecified atom stereocenters. The molecule has 0 aliphatic carbocycles. The van der Waals surface area contributed by atoms with Crippen LogP contribution in [-0.4, -0.2) is 14.1 Å². The molecule has 40 heavy (non-hydrogen) atoms. The van der Waals surface area contributed by atoms with Crippen LogP contribution in [0.15, 0.2) is 140 Å². The van der Waals surface area contributed by atoms with Crippen LogP contribution in [0, 0.1) is 0 Å². The van der Waals surface area contributed by atoms with Crippen LogP contribution >= 0.6 is 0 Å². The van der Waals surface area contributed by atoms with Gasteiger partial charge in [-0.05, 0) is 42.5 Å². The van der Waals surface area contributed by atoms with E-state index in [0.717, 1.165) is 16.6 Å². The molecule has 6 aromatic carbocycles. The molecule has 3 nitrogen and oxygen atoms in total. The second-order valence-corrected chi connectivity index (χ2v) is 10.4. The lowest BCUT2D eigenvalue weighted by molar-refractivity contribution is 1.18. The monoisotopic (exact) mass is 509 g/mol. The van der Waals surface area contributed by atoms with Crippen molar-refractivity contribution in [3.05, 3.63) is 140 Å². The lowest BCUT2D eigenvalue weighted by Gasteiger charge is -2.13. The molecule has 0 aliphatic rings. The van der Waals surface area contributed by atoms with E-state index in [1.807, 2.05) is 12.3 Å². The highest BCUT2D eigenvalue weighted by Gasteiger charge is 2.23. The average Bonchev–Trinajstić information content (AvgIpc) is 3.55. The van der Waals surface area contributed by atoms with Gasteiger partial charge >= 0.3 is 0 Å². The Balaban J connectivity index is 1.59. The standard InChI is InChI=1S/C37H23N3/c1-2-12-25(13-3-1)39-32-18-8-6-16-29(32)34-35-30-17-7-9-19-33(30)40(26-21-20-24-11-10-22-38-31(24)23-26)37(35)28-15-5-4-14-27(28)36(34)39/h1-23H. The molecule has 0 amide bonds. The number of hydrogen-bond acceptors (Lipinski definition) is 1. The third-order valence-electron chi connectivity index (χ3n) is 8.30. The van der Waals surface area contributed by atoms with Crippen LogP contribution in [0.25, 0.3) is 76.7 Å². The zero-order chi connectivity index (χ0) is 26.2. The summed E-state index contributed by atoms with van der Waals surface area (Å²) in [4.78, 5) is 4.69. The molecule has 0 aliphatic heterocycles. The number of aromatic nitrogens is 3. The zero-order valence-electron chi connectivity index (χ0n) is 21.6. The minimum atomic E-state index is 0.997. The lowest BCUT2D eigenvalue weighted by atomic mass is 9.99. The smallest absolute Gasteiger partial charge is 0.0722 e. The molecular formula is C37H23N3. The first-order valence-electron chi connectivity index (χ1n) is 13.7. The molecule has 3 heterocycles. The Morgan fingerprint density at radius 3 is 1.62 bits per heavy atom. The Morgan fingerprint density at radius 1 is 0.425 bits per heavy atom. The van der Waals surface area contributed by atoms with E-state index in [0.29, 0.717) is 0 Å². The summed E-state index contributed by atoms with van der Waals surface area (Å²) in [6, 6.07) is 48.0. The fourth-order valence-corrected chi connectivity index (χ4v) is 6.70. The molecule has 0 saturated carbocycles. The summed E-state index contributed by atoms with van der Waals surface area (Å²) >= 11 is 0. The van der Waals surface area contributed by atoms with Crippen molar-refractivity contribution < 1.29 is 0 Å². The summed E-state index contributed by atoms with van der Waals surface area (Å²) in [6.07, 6.45) is 1.87. The maximum atomic E-state index is 4.69. The Labute approximate surface area is 230 Å². The summed E-state index contributed by atoms with van der Waals surface area (Å²) < 4.78 is 4.88. The summed E-state index contributed by atoms with van der Waals surface area (Å²) in [6.45, 7) is 0. The summed E-state index contributed by atoms with van der Waals surface area (Å²) in [5.41, 5.74) is 8.18. The number of rotatable bonds is 2. The third-order valence-corrected chi connectivity index (χ3v) is 8.30. The lowest BCUT2D eigenvalue weighted by Crippen LogP contribution is -1.97. The van der Waals surface area contributed by atoms with Gasteiger partial charge in [0.25, 0.3) is 0 Å². The van der Waals surface area contributed by atoms with Crippen LogP contribution in [0.1, 0.15) is 0 Å². The van der Waals surface area contributed by atoms with Gasteiger partial charge in [0.05, 0.1) is 27.6 Å². The quantitative estimate of drug-likeness (QED) is 0.227. The van der Waals surface area contributed by atoms with E-state index in [4.69, 9.17) is 0 Å². The SMILES string of the molecule is c1ccc(-n2c3ccccc3c3c4c5ccccc5n(-c5ccc6cccnc6c5)c4c4ccccc4c32)cc1. The Kier molecular flexibility index (Phi) is 4.33. The molecule has 9 aromatic rings. The van der Waals surface area contributed by atoms with Crippen LogP contribution in [0.2, 0.25) is 0 Å². The van der Waals surface area contributed by atoms with Gasteiger partial charge < -0.3 is 9.13 Å². The van der Waals surface area contributed by atoms with E-state index in [1.54, 1.807) is 0 Å². The van der Waals surface area contributed by atoms with Gasteiger partial charge in [0.15, 0.2) is 0 Å². The Hall–Kier alpha value is -5.41. The molecular weight excluding hydrogens is 486 g/mol. The predicted octanol–water partition coefficient (Wildman–Crippen LogP) is 9.58. The second kappa shape index (κ2) is 8.05. The maximum Gasteiger partial charge on any atom is 0.0722 e. The fourth-order valence-electron chi connectivity index (χ4n) is 6.70. The first kappa shape index (κ1) is 21.5. The Bertz CT molecular complexity index is 2430.